The van der Waals surface area contributed by atoms with Gasteiger partial charge in [-0.2, -0.15) is 0 Å². The normalized spacial score (nSPS) is 29.6. The fourth-order valence-electron chi connectivity index (χ4n) is 7.66. The van der Waals surface area contributed by atoms with E-state index in [4.69, 9.17) is 4.74 Å². The average molecular weight is 668 g/mol. The van der Waals surface area contributed by atoms with Crippen molar-refractivity contribution in [1.82, 2.24) is 24.3 Å². The van der Waals surface area contributed by atoms with Crippen LogP contribution in [0.2, 0.25) is 0 Å². The molecule has 262 valence electrons. The molecule has 2 N–H and O–H groups in total. The standard InChI is InChI=1S/C36H50FN5O6/c1-22-6-8-28(44)19-33(45)48-35(23(2)7-9-29(22)32-20-39(5)14-15-41(32)36(46)47)24(3)16-26-17-30(37)34-31(18-26)42(21-38-34)27-10-12-40(13-11-27)25(4)43/h7,9,16-18,21-23,27-29,32,35,44H,6,8,10-15,19-20H2,1-5H3,(H,46,47)/b9-7+,24-16+/t22-,23-,28+,29-,32?,35-/m0/s1. The van der Waals surface area contributed by atoms with Gasteiger partial charge in [0, 0.05) is 57.5 Å². The summed E-state index contributed by atoms with van der Waals surface area (Å²) in [6, 6.07) is 3.16. The van der Waals surface area contributed by atoms with Gasteiger partial charge in [-0.25, -0.2) is 14.2 Å². The van der Waals surface area contributed by atoms with Crippen LogP contribution in [0.3, 0.4) is 0 Å². The molecule has 1 unspecified atom stereocenters. The molecular formula is C36H50FN5O6. The highest BCUT2D eigenvalue weighted by molar-refractivity contribution is 5.80. The fourth-order valence-corrected chi connectivity index (χ4v) is 7.66. The zero-order valence-corrected chi connectivity index (χ0v) is 28.7. The van der Waals surface area contributed by atoms with Gasteiger partial charge in [0.15, 0.2) is 5.82 Å². The van der Waals surface area contributed by atoms with Crippen molar-refractivity contribution in [2.24, 2.45) is 17.8 Å². The highest BCUT2D eigenvalue weighted by Gasteiger charge is 2.37. The number of imidazole rings is 1. The molecule has 2 saturated heterocycles. The summed E-state index contributed by atoms with van der Waals surface area (Å²) >= 11 is 0. The molecule has 48 heavy (non-hydrogen) atoms. The molecule has 6 atom stereocenters. The van der Waals surface area contributed by atoms with Crippen molar-refractivity contribution in [2.45, 2.75) is 84.1 Å². The number of piperazine rings is 1. The monoisotopic (exact) mass is 667 g/mol. The summed E-state index contributed by atoms with van der Waals surface area (Å²) in [5.74, 6) is -1.25. The lowest BCUT2D eigenvalue weighted by molar-refractivity contribution is -0.151. The number of halogens is 1. The Morgan fingerprint density at radius 2 is 1.77 bits per heavy atom. The number of likely N-dealkylation sites (N-methyl/N-ethyl adjacent to an activating group) is 1. The summed E-state index contributed by atoms with van der Waals surface area (Å²) in [6.07, 6.45) is 7.44. The number of carboxylic acid groups (broad SMARTS) is 1. The highest BCUT2D eigenvalue weighted by atomic mass is 19.1. The van der Waals surface area contributed by atoms with Gasteiger partial charge in [0.1, 0.15) is 11.6 Å². The maximum atomic E-state index is 15.4. The van der Waals surface area contributed by atoms with Gasteiger partial charge in [-0.05, 0) is 68.8 Å². The number of aromatic nitrogens is 2. The third-order valence-electron chi connectivity index (χ3n) is 10.5. The molecule has 12 heteroatoms. The highest BCUT2D eigenvalue weighted by Crippen LogP contribution is 2.33. The van der Waals surface area contributed by atoms with Crippen LogP contribution in [0.15, 0.2) is 36.2 Å². The molecule has 1 aromatic carbocycles. The zero-order valence-electron chi connectivity index (χ0n) is 28.7. The smallest absolute Gasteiger partial charge is 0.407 e. The van der Waals surface area contributed by atoms with E-state index in [1.807, 2.05) is 48.6 Å². The van der Waals surface area contributed by atoms with E-state index in [0.29, 0.717) is 62.2 Å². The number of rotatable bonds is 4. The third kappa shape index (κ3) is 8.08. The van der Waals surface area contributed by atoms with Crippen molar-refractivity contribution in [3.05, 3.63) is 47.6 Å². The summed E-state index contributed by atoms with van der Waals surface area (Å²) in [5, 5.41) is 20.8. The number of hydrogen-bond donors (Lipinski definition) is 2. The lowest BCUT2D eigenvalue weighted by atomic mass is 9.80. The van der Waals surface area contributed by atoms with Crippen molar-refractivity contribution in [1.29, 1.82) is 0 Å². The summed E-state index contributed by atoms with van der Waals surface area (Å²) < 4.78 is 23.4. The van der Waals surface area contributed by atoms with Gasteiger partial charge in [0.25, 0.3) is 0 Å². The predicted molar refractivity (Wildman–Crippen MR) is 181 cm³/mol. The van der Waals surface area contributed by atoms with E-state index in [0.717, 1.165) is 12.8 Å². The van der Waals surface area contributed by atoms with Crippen LogP contribution in [-0.4, -0.2) is 110 Å². The number of carbonyl (C=O) groups is 3. The van der Waals surface area contributed by atoms with Crippen LogP contribution < -0.4 is 0 Å². The quantitative estimate of drug-likeness (QED) is 0.346. The second-order valence-electron chi connectivity index (χ2n) is 14.1. The summed E-state index contributed by atoms with van der Waals surface area (Å²) in [7, 11) is 2.00. The Kier molecular flexibility index (Phi) is 11.2. The maximum Gasteiger partial charge on any atom is 0.407 e. The molecule has 4 heterocycles. The van der Waals surface area contributed by atoms with Crippen molar-refractivity contribution in [3.63, 3.8) is 0 Å². The second kappa shape index (κ2) is 15.2. The predicted octanol–water partition coefficient (Wildman–Crippen LogP) is 4.96. The minimum Gasteiger partial charge on any atom is -0.465 e. The van der Waals surface area contributed by atoms with Crippen LogP contribution in [-0.2, 0) is 14.3 Å². The average Bonchev–Trinajstić information content (AvgIpc) is 3.46. The Morgan fingerprint density at radius 3 is 2.46 bits per heavy atom. The molecule has 2 amide bonds. The molecule has 3 aliphatic rings. The van der Waals surface area contributed by atoms with Gasteiger partial charge in [-0.15, -0.1) is 0 Å². The van der Waals surface area contributed by atoms with Gasteiger partial charge in [-0.3, -0.25) is 9.59 Å². The molecule has 0 radical (unpaired) electrons. The maximum absolute atomic E-state index is 15.4. The van der Waals surface area contributed by atoms with E-state index in [9.17, 15) is 24.6 Å². The number of hydrogen-bond acceptors (Lipinski definition) is 7. The van der Waals surface area contributed by atoms with Gasteiger partial charge in [0.05, 0.1) is 30.4 Å². The van der Waals surface area contributed by atoms with E-state index in [-0.39, 0.29) is 47.7 Å². The Hall–Kier alpha value is -3.77. The molecule has 0 spiro atoms. The van der Waals surface area contributed by atoms with Crippen LogP contribution in [0.5, 0.6) is 0 Å². The number of esters is 1. The van der Waals surface area contributed by atoms with E-state index >= 15 is 4.39 Å². The van der Waals surface area contributed by atoms with Gasteiger partial charge >= 0.3 is 12.1 Å². The second-order valence-corrected chi connectivity index (χ2v) is 14.1. The Morgan fingerprint density at radius 1 is 1.04 bits per heavy atom. The minimum absolute atomic E-state index is 0.0535. The Balaban J connectivity index is 1.45. The number of fused-ring (bicyclic) bond motifs is 1. The molecule has 3 aliphatic heterocycles. The first-order valence-corrected chi connectivity index (χ1v) is 17.2. The first-order valence-electron chi connectivity index (χ1n) is 17.2. The molecule has 0 saturated carbocycles. The number of amides is 2. The van der Waals surface area contributed by atoms with Crippen LogP contribution >= 0.6 is 0 Å². The SMILES string of the molecule is CC(=O)N1CCC(n2cnc3c(F)cc(/C=C(\C)[C@H]4OC(=O)C[C@H](O)CC[C@H](C)[C@@H](C5CN(C)CCN5C(=O)O)/C=C/[C@@H]4C)cc32)CC1. The molecule has 5 rings (SSSR count). The molecule has 2 fully saturated rings. The molecule has 0 bridgehead atoms. The summed E-state index contributed by atoms with van der Waals surface area (Å²) in [5.41, 5.74) is 2.26. The minimum atomic E-state index is -0.939. The van der Waals surface area contributed by atoms with Crippen LogP contribution in [0.25, 0.3) is 17.1 Å². The molecule has 2 aromatic rings. The number of aliphatic hydroxyl groups excluding tert-OH is 1. The summed E-state index contributed by atoms with van der Waals surface area (Å²) in [4.78, 5) is 47.0. The number of aliphatic hydroxyl groups is 1. The van der Waals surface area contributed by atoms with E-state index in [1.165, 1.54) is 11.0 Å². The number of likely N-dealkylation sites (tertiary alicyclic amines) is 1. The number of nitrogens with zero attached hydrogens (tertiary/aromatic N) is 5. The van der Waals surface area contributed by atoms with E-state index < -0.39 is 30.1 Å². The largest absolute Gasteiger partial charge is 0.465 e. The van der Waals surface area contributed by atoms with Gasteiger partial charge < -0.3 is 34.2 Å². The van der Waals surface area contributed by atoms with Gasteiger partial charge in [-0.1, -0.05) is 32.1 Å². The molecule has 11 nitrogen and oxygen atoms in total. The van der Waals surface area contributed by atoms with Crippen molar-refractivity contribution in [3.8, 4) is 0 Å². The molecule has 1 aromatic heterocycles. The lowest BCUT2D eigenvalue weighted by Crippen LogP contribution is -2.57. The van der Waals surface area contributed by atoms with Crippen LogP contribution in [0.4, 0.5) is 9.18 Å². The number of piperidine rings is 1. The molecule has 0 aliphatic carbocycles. The van der Waals surface area contributed by atoms with Crippen LogP contribution in [0.1, 0.15) is 71.4 Å². The number of ether oxygens (including phenoxy) is 1. The fraction of sp³-hybridized carbons (Fsp3) is 0.611. The number of benzene rings is 1. The van der Waals surface area contributed by atoms with E-state index in [1.54, 1.807) is 13.3 Å². The topological polar surface area (TPSA) is 128 Å². The zero-order chi connectivity index (χ0) is 34.7. The van der Waals surface area contributed by atoms with Gasteiger partial charge in [0.2, 0.25) is 5.91 Å². The molecular weight excluding hydrogens is 617 g/mol. The first-order chi connectivity index (χ1) is 22.8. The van der Waals surface area contributed by atoms with Crippen molar-refractivity contribution in [2.75, 3.05) is 39.8 Å². The van der Waals surface area contributed by atoms with Crippen molar-refractivity contribution < 1.29 is 33.7 Å². The van der Waals surface area contributed by atoms with Crippen LogP contribution in [0, 0.1) is 23.6 Å². The lowest BCUT2D eigenvalue weighted by Gasteiger charge is -2.43. The first kappa shape index (κ1) is 35.5. The Bertz CT molecular complexity index is 1550. The van der Waals surface area contributed by atoms with Crippen molar-refractivity contribution >= 4 is 35.1 Å². The third-order valence-corrected chi connectivity index (χ3v) is 10.5. The number of cyclic esters (lactones) is 1. The Labute approximate surface area is 282 Å². The van der Waals surface area contributed by atoms with E-state index in [2.05, 4.69) is 22.9 Å². The number of carbonyl (C=O) groups excluding carboxylic acids is 2. The summed E-state index contributed by atoms with van der Waals surface area (Å²) in [6.45, 7) is 10.4.